The van der Waals surface area contributed by atoms with E-state index in [4.69, 9.17) is 0 Å². The highest BCUT2D eigenvalue weighted by molar-refractivity contribution is 5.15. The molecule has 0 fully saturated rings. The standard InChI is InChI=1S/C9H13NO2/c1-10-9(11,12)7-8-5-3-2-4-6-8/h2-6,10-12H,7H2,1H3. The molecule has 3 N–H and O–H groups in total. The summed E-state index contributed by atoms with van der Waals surface area (Å²) in [5.41, 5.74) is 0.886. The van der Waals surface area contributed by atoms with Crippen LogP contribution in [-0.2, 0) is 6.42 Å². The van der Waals surface area contributed by atoms with Crippen LogP contribution in [-0.4, -0.2) is 23.2 Å². The zero-order valence-electron chi connectivity index (χ0n) is 6.99. The van der Waals surface area contributed by atoms with Crippen LogP contribution in [0.1, 0.15) is 5.56 Å². The van der Waals surface area contributed by atoms with Crippen LogP contribution in [0.25, 0.3) is 0 Å². The third kappa shape index (κ3) is 2.62. The Morgan fingerprint density at radius 1 is 1.25 bits per heavy atom. The van der Waals surface area contributed by atoms with Crippen molar-refractivity contribution in [3.8, 4) is 0 Å². The van der Waals surface area contributed by atoms with E-state index in [0.29, 0.717) is 0 Å². The molecule has 0 unspecified atom stereocenters. The summed E-state index contributed by atoms with van der Waals surface area (Å²) in [6, 6.07) is 9.30. The molecule has 66 valence electrons. The van der Waals surface area contributed by atoms with Crippen molar-refractivity contribution in [2.75, 3.05) is 7.05 Å². The highest BCUT2D eigenvalue weighted by Gasteiger charge is 2.19. The molecule has 0 spiro atoms. The monoisotopic (exact) mass is 167 g/mol. The van der Waals surface area contributed by atoms with Crippen molar-refractivity contribution in [2.24, 2.45) is 0 Å². The Kier molecular flexibility index (Phi) is 2.81. The second kappa shape index (κ2) is 3.67. The minimum atomic E-state index is -1.80. The predicted octanol–water partition coefficient (Wildman–Crippen LogP) is 0.0869. The number of hydrogen-bond acceptors (Lipinski definition) is 3. The molecule has 3 nitrogen and oxygen atoms in total. The van der Waals surface area contributed by atoms with E-state index in [1.807, 2.05) is 30.3 Å². The van der Waals surface area contributed by atoms with E-state index in [1.165, 1.54) is 7.05 Å². The fourth-order valence-electron chi connectivity index (χ4n) is 0.969. The first-order valence-electron chi connectivity index (χ1n) is 3.82. The van der Waals surface area contributed by atoms with Gasteiger partial charge in [0.25, 0.3) is 0 Å². The summed E-state index contributed by atoms with van der Waals surface area (Å²) in [5.74, 6) is -1.80. The Hall–Kier alpha value is -0.900. The average Bonchev–Trinajstić information content (AvgIpc) is 2.06. The SMILES string of the molecule is CNC(O)(O)Cc1ccccc1. The maximum Gasteiger partial charge on any atom is 0.226 e. The van der Waals surface area contributed by atoms with Crippen LogP contribution in [0.15, 0.2) is 30.3 Å². The lowest BCUT2D eigenvalue weighted by Gasteiger charge is -2.20. The van der Waals surface area contributed by atoms with Crippen molar-refractivity contribution in [3.05, 3.63) is 35.9 Å². The van der Waals surface area contributed by atoms with Gasteiger partial charge in [0.1, 0.15) is 0 Å². The zero-order chi connectivity index (χ0) is 9.03. The Labute approximate surface area is 71.7 Å². The Bertz CT molecular complexity index is 234. The van der Waals surface area contributed by atoms with E-state index in [1.54, 1.807) is 0 Å². The predicted molar refractivity (Wildman–Crippen MR) is 46.4 cm³/mol. The lowest BCUT2D eigenvalue weighted by atomic mass is 10.1. The third-order valence-corrected chi connectivity index (χ3v) is 1.69. The Morgan fingerprint density at radius 3 is 2.33 bits per heavy atom. The molecule has 0 aliphatic heterocycles. The molecule has 0 aliphatic rings. The quantitative estimate of drug-likeness (QED) is 0.559. The summed E-state index contributed by atoms with van der Waals surface area (Å²) in [7, 11) is 1.50. The third-order valence-electron chi connectivity index (χ3n) is 1.69. The fourth-order valence-corrected chi connectivity index (χ4v) is 0.969. The van der Waals surface area contributed by atoms with Crippen LogP contribution in [0.2, 0.25) is 0 Å². The van der Waals surface area contributed by atoms with E-state index in [-0.39, 0.29) is 6.42 Å². The van der Waals surface area contributed by atoms with Gasteiger partial charge in [0.15, 0.2) is 0 Å². The van der Waals surface area contributed by atoms with E-state index < -0.39 is 5.91 Å². The second-order valence-corrected chi connectivity index (χ2v) is 2.73. The number of aliphatic hydroxyl groups is 2. The average molecular weight is 167 g/mol. The maximum atomic E-state index is 9.22. The van der Waals surface area contributed by atoms with Gasteiger partial charge in [-0.2, -0.15) is 0 Å². The van der Waals surface area contributed by atoms with Gasteiger partial charge < -0.3 is 10.2 Å². The van der Waals surface area contributed by atoms with Gasteiger partial charge in [-0.1, -0.05) is 30.3 Å². The number of rotatable bonds is 3. The molecule has 12 heavy (non-hydrogen) atoms. The number of likely N-dealkylation sites (N-methyl/N-ethyl adjacent to an activating group) is 1. The fraction of sp³-hybridized carbons (Fsp3) is 0.333. The van der Waals surface area contributed by atoms with Gasteiger partial charge in [0.05, 0.1) is 0 Å². The topological polar surface area (TPSA) is 52.5 Å². The molecule has 1 aromatic rings. The summed E-state index contributed by atoms with van der Waals surface area (Å²) >= 11 is 0. The largest absolute Gasteiger partial charge is 0.353 e. The smallest absolute Gasteiger partial charge is 0.226 e. The van der Waals surface area contributed by atoms with Crippen molar-refractivity contribution >= 4 is 0 Å². The van der Waals surface area contributed by atoms with Crippen LogP contribution in [0.3, 0.4) is 0 Å². The molecule has 0 saturated heterocycles. The van der Waals surface area contributed by atoms with Crippen LogP contribution in [0.5, 0.6) is 0 Å². The van der Waals surface area contributed by atoms with Gasteiger partial charge in [-0.05, 0) is 12.6 Å². The molecule has 0 radical (unpaired) electrons. The summed E-state index contributed by atoms with van der Waals surface area (Å²) in [6.45, 7) is 0. The van der Waals surface area contributed by atoms with Crippen LogP contribution in [0, 0.1) is 0 Å². The van der Waals surface area contributed by atoms with E-state index in [0.717, 1.165) is 5.56 Å². The Morgan fingerprint density at radius 2 is 1.83 bits per heavy atom. The molecular formula is C9H13NO2. The molecule has 0 saturated carbocycles. The normalized spacial score (nSPS) is 11.6. The van der Waals surface area contributed by atoms with E-state index >= 15 is 0 Å². The van der Waals surface area contributed by atoms with Crippen LogP contribution < -0.4 is 5.32 Å². The van der Waals surface area contributed by atoms with Gasteiger partial charge in [-0.15, -0.1) is 0 Å². The molecule has 1 rings (SSSR count). The van der Waals surface area contributed by atoms with Crippen molar-refractivity contribution in [2.45, 2.75) is 12.3 Å². The van der Waals surface area contributed by atoms with Gasteiger partial charge in [-0.25, -0.2) is 0 Å². The van der Waals surface area contributed by atoms with Gasteiger partial charge >= 0.3 is 0 Å². The Balaban J connectivity index is 2.64. The molecule has 0 heterocycles. The lowest BCUT2D eigenvalue weighted by molar-refractivity contribution is -0.179. The lowest BCUT2D eigenvalue weighted by Crippen LogP contribution is -2.44. The molecule has 1 aromatic carbocycles. The second-order valence-electron chi connectivity index (χ2n) is 2.73. The highest BCUT2D eigenvalue weighted by Crippen LogP contribution is 2.06. The first kappa shape index (κ1) is 9.19. The van der Waals surface area contributed by atoms with Crippen molar-refractivity contribution in [3.63, 3.8) is 0 Å². The zero-order valence-corrected chi connectivity index (χ0v) is 6.99. The minimum Gasteiger partial charge on any atom is -0.353 e. The molecule has 0 aliphatic carbocycles. The van der Waals surface area contributed by atoms with E-state index in [2.05, 4.69) is 5.32 Å². The number of benzene rings is 1. The molecule has 0 atom stereocenters. The van der Waals surface area contributed by atoms with Gasteiger partial charge in [0, 0.05) is 6.42 Å². The molecule has 3 heteroatoms. The van der Waals surface area contributed by atoms with Crippen LogP contribution in [0.4, 0.5) is 0 Å². The summed E-state index contributed by atoms with van der Waals surface area (Å²) in [4.78, 5) is 0. The summed E-state index contributed by atoms with van der Waals surface area (Å²) in [6.07, 6.45) is 0.185. The van der Waals surface area contributed by atoms with Crippen molar-refractivity contribution < 1.29 is 10.2 Å². The van der Waals surface area contributed by atoms with E-state index in [9.17, 15) is 10.2 Å². The van der Waals surface area contributed by atoms with Crippen LogP contribution >= 0.6 is 0 Å². The van der Waals surface area contributed by atoms with Crippen molar-refractivity contribution in [1.29, 1.82) is 0 Å². The molecule has 0 aromatic heterocycles. The first-order valence-corrected chi connectivity index (χ1v) is 3.82. The summed E-state index contributed by atoms with van der Waals surface area (Å²) in [5, 5.41) is 20.8. The molecule has 0 amide bonds. The number of hydrogen-bond donors (Lipinski definition) is 3. The molecule has 0 bridgehead atoms. The molecular weight excluding hydrogens is 154 g/mol. The highest BCUT2D eigenvalue weighted by atomic mass is 16.5. The first-order chi connectivity index (χ1) is 5.64. The van der Waals surface area contributed by atoms with Gasteiger partial charge in [0.2, 0.25) is 5.91 Å². The summed E-state index contributed by atoms with van der Waals surface area (Å²) < 4.78 is 0. The number of nitrogens with one attached hydrogen (secondary N) is 1. The maximum absolute atomic E-state index is 9.22. The minimum absolute atomic E-state index is 0.185. The van der Waals surface area contributed by atoms with Gasteiger partial charge in [-0.3, -0.25) is 5.32 Å². The van der Waals surface area contributed by atoms with Crippen molar-refractivity contribution in [1.82, 2.24) is 5.32 Å².